The minimum atomic E-state index is 1.17. The Labute approximate surface area is 195 Å². The van der Waals surface area contributed by atoms with Crippen molar-refractivity contribution in [1.29, 1.82) is 0 Å². The van der Waals surface area contributed by atoms with Gasteiger partial charge in [0.2, 0.25) is 0 Å². The summed E-state index contributed by atoms with van der Waals surface area (Å²) >= 11 is 0. The molecule has 0 bridgehead atoms. The number of fused-ring (bicyclic) bond motifs is 12. The smallest absolute Gasteiger partial charge is 0.0647 e. The molecule has 8 aromatic rings. The second-order valence-electron chi connectivity index (χ2n) is 9.04. The standard InChI is InChI=1S/C32H20N2/c1-2-11-21(12-3-1)34-27-19-18-20-10-4-5-13-22(20)28(27)29-23-14-6-7-15-24(23)31-30(32(29)34)25-16-8-9-17-26(25)33-31/h1-19,33H. The van der Waals surface area contributed by atoms with Crippen LogP contribution in [0.15, 0.2) is 115 Å². The Hall–Kier alpha value is -4.56. The van der Waals surface area contributed by atoms with Gasteiger partial charge in [-0.3, -0.25) is 0 Å². The van der Waals surface area contributed by atoms with Gasteiger partial charge < -0.3 is 9.55 Å². The summed E-state index contributed by atoms with van der Waals surface area (Å²) in [4.78, 5) is 3.76. The first kappa shape index (κ1) is 17.9. The molecule has 0 unspecified atom stereocenters. The van der Waals surface area contributed by atoms with Crippen LogP contribution in [0.2, 0.25) is 0 Å². The molecule has 2 heteroatoms. The fraction of sp³-hybridized carbons (Fsp3) is 0. The normalized spacial score (nSPS) is 12.1. The summed E-state index contributed by atoms with van der Waals surface area (Å²) in [5.74, 6) is 0. The molecule has 0 fully saturated rings. The lowest BCUT2D eigenvalue weighted by atomic mass is 9.97. The van der Waals surface area contributed by atoms with E-state index in [2.05, 4.69) is 125 Å². The molecule has 0 aliphatic carbocycles. The summed E-state index contributed by atoms with van der Waals surface area (Å²) in [6.07, 6.45) is 0. The van der Waals surface area contributed by atoms with Crippen molar-refractivity contribution in [1.82, 2.24) is 9.55 Å². The molecular formula is C32H20N2. The van der Waals surface area contributed by atoms with Gasteiger partial charge in [0, 0.05) is 38.1 Å². The zero-order chi connectivity index (χ0) is 22.2. The summed E-state index contributed by atoms with van der Waals surface area (Å²) in [6.45, 7) is 0. The minimum Gasteiger partial charge on any atom is -0.354 e. The number of aromatic amines is 1. The van der Waals surface area contributed by atoms with Gasteiger partial charge >= 0.3 is 0 Å². The van der Waals surface area contributed by atoms with Crippen molar-refractivity contribution in [3.63, 3.8) is 0 Å². The second kappa shape index (κ2) is 6.49. The number of rotatable bonds is 1. The van der Waals surface area contributed by atoms with Gasteiger partial charge in [0.1, 0.15) is 0 Å². The molecule has 6 aromatic carbocycles. The Kier molecular flexibility index (Phi) is 3.42. The van der Waals surface area contributed by atoms with Gasteiger partial charge in [-0.2, -0.15) is 0 Å². The predicted molar refractivity (Wildman–Crippen MR) is 145 cm³/mol. The summed E-state index contributed by atoms with van der Waals surface area (Å²) in [6, 6.07) is 41.6. The third-order valence-corrected chi connectivity index (χ3v) is 7.28. The fourth-order valence-corrected chi connectivity index (χ4v) is 5.91. The second-order valence-corrected chi connectivity index (χ2v) is 9.04. The molecule has 158 valence electrons. The molecule has 34 heavy (non-hydrogen) atoms. The van der Waals surface area contributed by atoms with Crippen molar-refractivity contribution in [3.8, 4) is 5.69 Å². The number of aromatic nitrogens is 2. The van der Waals surface area contributed by atoms with Crippen LogP contribution in [0.5, 0.6) is 0 Å². The SMILES string of the molecule is c1ccc(-n2c3ccc4ccccc4c3c3c4ccccc4c4[nH]c5ccccc5c4c32)cc1. The molecule has 0 atom stereocenters. The molecule has 0 spiro atoms. The molecule has 0 radical (unpaired) electrons. The number of benzene rings is 6. The third-order valence-electron chi connectivity index (χ3n) is 7.28. The van der Waals surface area contributed by atoms with Crippen molar-refractivity contribution < 1.29 is 0 Å². The van der Waals surface area contributed by atoms with Crippen LogP contribution in [-0.4, -0.2) is 9.55 Å². The first-order valence-corrected chi connectivity index (χ1v) is 11.7. The van der Waals surface area contributed by atoms with Gasteiger partial charge in [0.05, 0.1) is 16.6 Å². The first-order chi connectivity index (χ1) is 16.9. The number of nitrogens with zero attached hydrogens (tertiary/aromatic N) is 1. The quantitative estimate of drug-likeness (QED) is 0.268. The highest BCUT2D eigenvalue weighted by molar-refractivity contribution is 6.38. The highest BCUT2D eigenvalue weighted by Gasteiger charge is 2.22. The van der Waals surface area contributed by atoms with Gasteiger partial charge in [0.15, 0.2) is 0 Å². The molecule has 2 heterocycles. The molecule has 0 saturated carbocycles. The lowest BCUT2D eigenvalue weighted by molar-refractivity contribution is 1.19. The highest BCUT2D eigenvalue weighted by Crippen LogP contribution is 2.46. The summed E-state index contributed by atoms with van der Waals surface area (Å²) in [5, 5.41) is 10.3. The maximum Gasteiger partial charge on any atom is 0.0647 e. The number of hydrogen-bond acceptors (Lipinski definition) is 0. The maximum absolute atomic E-state index is 3.76. The zero-order valence-electron chi connectivity index (χ0n) is 18.4. The molecular weight excluding hydrogens is 412 g/mol. The van der Waals surface area contributed by atoms with E-state index in [0.29, 0.717) is 0 Å². The fourth-order valence-electron chi connectivity index (χ4n) is 5.91. The number of para-hydroxylation sites is 2. The average Bonchev–Trinajstić information content (AvgIpc) is 3.46. The van der Waals surface area contributed by atoms with E-state index in [1.807, 2.05) is 0 Å². The van der Waals surface area contributed by atoms with Crippen LogP contribution >= 0.6 is 0 Å². The lowest BCUT2D eigenvalue weighted by Gasteiger charge is -2.10. The van der Waals surface area contributed by atoms with E-state index in [0.717, 1.165) is 0 Å². The van der Waals surface area contributed by atoms with Crippen LogP contribution in [0, 0.1) is 0 Å². The van der Waals surface area contributed by atoms with Crippen molar-refractivity contribution in [3.05, 3.63) is 115 Å². The van der Waals surface area contributed by atoms with Crippen LogP contribution in [0.1, 0.15) is 0 Å². The van der Waals surface area contributed by atoms with Gasteiger partial charge in [-0.05, 0) is 40.4 Å². The maximum atomic E-state index is 3.76. The van der Waals surface area contributed by atoms with Gasteiger partial charge in [-0.25, -0.2) is 0 Å². The Bertz CT molecular complexity index is 2060. The number of hydrogen-bond donors (Lipinski definition) is 1. The lowest BCUT2D eigenvalue weighted by Crippen LogP contribution is -1.94. The average molecular weight is 433 g/mol. The molecule has 0 aliphatic heterocycles. The Morgan fingerprint density at radius 1 is 0.471 bits per heavy atom. The van der Waals surface area contributed by atoms with Crippen LogP contribution in [0.3, 0.4) is 0 Å². The topological polar surface area (TPSA) is 20.7 Å². The number of H-pyrrole nitrogens is 1. The summed E-state index contributed by atoms with van der Waals surface area (Å²) in [5.41, 5.74) is 6.06. The largest absolute Gasteiger partial charge is 0.354 e. The van der Waals surface area contributed by atoms with Crippen LogP contribution in [-0.2, 0) is 0 Å². The van der Waals surface area contributed by atoms with E-state index in [9.17, 15) is 0 Å². The molecule has 0 amide bonds. The summed E-state index contributed by atoms with van der Waals surface area (Å²) < 4.78 is 2.46. The Morgan fingerprint density at radius 2 is 1.15 bits per heavy atom. The van der Waals surface area contributed by atoms with Crippen molar-refractivity contribution in [2.45, 2.75) is 0 Å². The van der Waals surface area contributed by atoms with Gasteiger partial charge in [-0.1, -0.05) is 91.0 Å². The third kappa shape index (κ3) is 2.20. The van der Waals surface area contributed by atoms with E-state index >= 15 is 0 Å². The monoisotopic (exact) mass is 432 g/mol. The molecule has 1 N–H and O–H groups in total. The van der Waals surface area contributed by atoms with E-state index in [1.54, 1.807) is 0 Å². The van der Waals surface area contributed by atoms with Crippen molar-refractivity contribution in [2.24, 2.45) is 0 Å². The molecule has 0 saturated heterocycles. The number of nitrogens with one attached hydrogen (secondary N) is 1. The van der Waals surface area contributed by atoms with Gasteiger partial charge in [0.25, 0.3) is 0 Å². The molecule has 2 aromatic heterocycles. The Morgan fingerprint density at radius 3 is 2.00 bits per heavy atom. The van der Waals surface area contributed by atoms with Crippen LogP contribution in [0.4, 0.5) is 0 Å². The molecule has 8 rings (SSSR count). The van der Waals surface area contributed by atoms with Crippen LogP contribution < -0.4 is 0 Å². The van der Waals surface area contributed by atoms with E-state index in [4.69, 9.17) is 0 Å². The predicted octanol–water partition coefficient (Wildman–Crippen LogP) is 8.72. The van der Waals surface area contributed by atoms with E-state index in [1.165, 1.54) is 70.8 Å². The van der Waals surface area contributed by atoms with Crippen molar-refractivity contribution >= 4 is 65.2 Å². The van der Waals surface area contributed by atoms with Crippen molar-refractivity contribution in [2.75, 3.05) is 0 Å². The Balaban J connectivity index is 1.81. The van der Waals surface area contributed by atoms with Gasteiger partial charge in [-0.15, -0.1) is 0 Å². The van der Waals surface area contributed by atoms with E-state index < -0.39 is 0 Å². The van der Waals surface area contributed by atoms with Crippen LogP contribution in [0.25, 0.3) is 70.8 Å². The molecule has 0 aliphatic rings. The first-order valence-electron chi connectivity index (χ1n) is 11.7. The highest BCUT2D eigenvalue weighted by atomic mass is 15.0. The summed E-state index contributed by atoms with van der Waals surface area (Å²) in [7, 11) is 0. The molecule has 2 nitrogen and oxygen atoms in total. The zero-order valence-corrected chi connectivity index (χ0v) is 18.4. The van der Waals surface area contributed by atoms with E-state index in [-0.39, 0.29) is 0 Å². The minimum absolute atomic E-state index is 1.17.